The summed E-state index contributed by atoms with van der Waals surface area (Å²) in [7, 11) is -4.02. The number of carbonyl (C=O) groups excluding carboxylic acids is 1. The summed E-state index contributed by atoms with van der Waals surface area (Å²) in [4.78, 5) is 13.7. The van der Waals surface area contributed by atoms with Crippen LogP contribution in [0.3, 0.4) is 0 Å². The van der Waals surface area contributed by atoms with E-state index >= 15 is 0 Å². The van der Waals surface area contributed by atoms with E-state index in [0.29, 0.717) is 18.0 Å². The Kier molecular flexibility index (Phi) is 8.77. The molecule has 3 rings (SSSR count). The van der Waals surface area contributed by atoms with Crippen LogP contribution in [-0.4, -0.2) is 33.2 Å². The molecule has 3 aromatic carbocycles. The van der Waals surface area contributed by atoms with Gasteiger partial charge >= 0.3 is 0 Å². The minimum atomic E-state index is -4.02. The van der Waals surface area contributed by atoms with Crippen LogP contribution in [0.4, 0.5) is 10.1 Å². The Morgan fingerprint density at radius 3 is 2.27 bits per heavy atom. The van der Waals surface area contributed by atoms with E-state index in [1.165, 1.54) is 36.4 Å². The first-order chi connectivity index (χ1) is 15.8. The molecular weight excluding hydrogens is 483 g/mol. The number of anilines is 1. The first-order valence-corrected chi connectivity index (χ1v) is 13.1. The van der Waals surface area contributed by atoms with Crippen molar-refractivity contribution in [3.8, 4) is 0 Å². The van der Waals surface area contributed by atoms with Gasteiger partial charge in [0.15, 0.2) is 0 Å². The van der Waals surface area contributed by atoms with Gasteiger partial charge < -0.3 is 5.32 Å². The molecule has 0 spiro atoms. The van der Waals surface area contributed by atoms with Crippen LogP contribution in [0.15, 0.2) is 82.6 Å². The van der Waals surface area contributed by atoms with Gasteiger partial charge in [-0.05, 0) is 79.8 Å². The van der Waals surface area contributed by atoms with E-state index in [0.717, 1.165) is 20.5 Å². The first kappa shape index (κ1) is 25.1. The Hall–Kier alpha value is -2.55. The average Bonchev–Trinajstić information content (AvgIpc) is 2.79. The third-order valence-electron chi connectivity index (χ3n) is 4.74. The second kappa shape index (κ2) is 11.5. The maximum Gasteiger partial charge on any atom is 0.264 e. The Bertz CT molecular complexity index is 1170. The largest absolute Gasteiger partial charge is 0.354 e. The number of nitrogens with zero attached hydrogens (tertiary/aromatic N) is 1. The maximum atomic E-state index is 13.4. The van der Waals surface area contributed by atoms with Crippen molar-refractivity contribution >= 4 is 45.0 Å². The summed E-state index contributed by atoms with van der Waals surface area (Å²) in [6.07, 6.45) is 0.709. The number of thioether (sulfide) groups is 1. The van der Waals surface area contributed by atoms with E-state index in [9.17, 15) is 17.6 Å². The van der Waals surface area contributed by atoms with Gasteiger partial charge in [-0.2, -0.15) is 0 Å². The van der Waals surface area contributed by atoms with E-state index in [1.54, 1.807) is 23.9 Å². The molecule has 1 amide bonds. The number of nitrogens with one attached hydrogen (secondary N) is 1. The van der Waals surface area contributed by atoms with E-state index < -0.39 is 28.3 Å². The van der Waals surface area contributed by atoms with Crippen molar-refractivity contribution in [2.24, 2.45) is 0 Å². The maximum absolute atomic E-state index is 13.4. The fraction of sp³-hybridized carbons (Fsp3) is 0.208. The quantitative estimate of drug-likeness (QED) is 0.300. The van der Waals surface area contributed by atoms with Crippen molar-refractivity contribution in [3.05, 3.63) is 89.2 Å². The van der Waals surface area contributed by atoms with E-state index in [-0.39, 0.29) is 10.6 Å². The highest BCUT2D eigenvalue weighted by atomic mass is 35.5. The van der Waals surface area contributed by atoms with Crippen molar-refractivity contribution in [2.75, 3.05) is 23.1 Å². The van der Waals surface area contributed by atoms with Gasteiger partial charge in [0.2, 0.25) is 5.91 Å². The number of aryl methyl sites for hydroxylation is 1. The van der Waals surface area contributed by atoms with Gasteiger partial charge in [0.25, 0.3) is 10.0 Å². The molecule has 0 saturated heterocycles. The van der Waals surface area contributed by atoms with Crippen molar-refractivity contribution in [1.29, 1.82) is 0 Å². The number of benzene rings is 3. The zero-order valence-corrected chi connectivity index (χ0v) is 20.4. The average molecular weight is 507 g/mol. The normalized spacial score (nSPS) is 11.2. The highest BCUT2D eigenvalue weighted by Gasteiger charge is 2.27. The summed E-state index contributed by atoms with van der Waals surface area (Å²) in [6, 6.07) is 18.9. The molecule has 0 aliphatic rings. The molecule has 1 N–H and O–H groups in total. The smallest absolute Gasteiger partial charge is 0.264 e. The number of halogens is 2. The van der Waals surface area contributed by atoms with Gasteiger partial charge in [-0.25, -0.2) is 12.8 Å². The number of rotatable bonds is 10. The lowest BCUT2D eigenvalue weighted by Gasteiger charge is -2.24. The highest BCUT2D eigenvalue weighted by molar-refractivity contribution is 7.99. The van der Waals surface area contributed by atoms with Gasteiger partial charge in [0.05, 0.1) is 10.6 Å². The standard InChI is InChI=1S/C24H24ClFN2O3S2/c1-18-3-13-23(14-4-18)33(30,31)28(21-9-7-20(26)8-10-21)17-24(29)27-15-2-16-32-22-11-5-19(25)6-12-22/h3-14H,2,15-17H2,1H3,(H,27,29). The topological polar surface area (TPSA) is 66.5 Å². The molecule has 0 atom stereocenters. The molecule has 0 fully saturated rings. The van der Waals surface area contributed by atoms with E-state index in [2.05, 4.69) is 5.32 Å². The summed E-state index contributed by atoms with van der Waals surface area (Å²) < 4.78 is 40.9. The summed E-state index contributed by atoms with van der Waals surface area (Å²) >= 11 is 7.52. The van der Waals surface area contributed by atoms with Crippen molar-refractivity contribution in [2.45, 2.75) is 23.1 Å². The van der Waals surface area contributed by atoms with Gasteiger partial charge in [0.1, 0.15) is 12.4 Å². The molecule has 0 heterocycles. The monoisotopic (exact) mass is 506 g/mol. The molecule has 3 aromatic rings. The Morgan fingerprint density at radius 1 is 1.00 bits per heavy atom. The first-order valence-electron chi connectivity index (χ1n) is 10.3. The molecule has 0 saturated carbocycles. The predicted molar refractivity (Wildman–Crippen MR) is 132 cm³/mol. The molecule has 33 heavy (non-hydrogen) atoms. The summed E-state index contributed by atoms with van der Waals surface area (Å²) in [5.41, 5.74) is 1.13. The molecular formula is C24H24ClFN2O3S2. The van der Waals surface area contributed by atoms with Crippen LogP contribution in [-0.2, 0) is 14.8 Å². The van der Waals surface area contributed by atoms with E-state index in [4.69, 9.17) is 11.6 Å². The van der Waals surface area contributed by atoms with Gasteiger partial charge in [-0.3, -0.25) is 9.10 Å². The second-order valence-electron chi connectivity index (χ2n) is 7.31. The Morgan fingerprint density at radius 2 is 1.64 bits per heavy atom. The number of amides is 1. The van der Waals surface area contributed by atoms with Crippen LogP contribution in [0, 0.1) is 12.7 Å². The lowest BCUT2D eigenvalue weighted by Crippen LogP contribution is -2.41. The van der Waals surface area contributed by atoms with Crippen molar-refractivity contribution in [1.82, 2.24) is 5.32 Å². The minimum absolute atomic E-state index is 0.0598. The third-order valence-corrected chi connectivity index (χ3v) is 7.87. The Labute approximate surface area is 203 Å². The molecule has 0 aliphatic carbocycles. The molecule has 9 heteroatoms. The van der Waals surface area contributed by atoms with Crippen LogP contribution in [0.1, 0.15) is 12.0 Å². The lowest BCUT2D eigenvalue weighted by atomic mass is 10.2. The number of sulfonamides is 1. The van der Waals surface area contributed by atoms with Crippen LogP contribution >= 0.6 is 23.4 Å². The third kappa shape index (κ3) is 7.22. The fourth-order valence-electron chi connectivity index (χ4n) is 2.97. The fourth-order valence-corrected chi connectivity index (χ4v) is 5.37. The highest BCUT2D eigenvalue weighted by Crippen LogP contribution is 2.24. The SMILES string of the molecule is Cc1ccc(S(=O)(=O)N(CC(=O)NCCCSc2ccc(Cl)cc2)c2ccc(F)cc2)cc1. The molecule has 0 aliphatic heterocycles. The summed E-state index contributed by atoms with van der Waals surface area (Å²) in [5, 5.41) is 3.45. The molecule has 5 nitrogen and oxygen atoms in total. The van der Waals surface area contributed by atoms with Crippen LogP contribution < -0.4 is 9.62 Å². The van der Waals surface area contributed by atoms with Crippen LogP contribution in [0.2, 0.25) is 5.02 Å². The zero-order chi connectivity index (χ0) is 23.8. The lowest BCUT2D eigenvalue weighted by molar-refractivity contribution is -0.119. The molecule has 0 unspecified atom stereocenters. The number of carbonyl (C=O) groups is 1. The number of hydrogen-bond acceptors (Lipinski definition) is 4. The number of hydrogen-bond donors (Lipinski definition) is 1. The Balaban J connectivity index is 1.63. The second-order valence-corrected chi connectivity index (χ2v) is 10.8. The molecule has 0 radical (unpaired) electrons. The summed E-state index contributed by atoms with van der Waals surface area (Å²) in [6.45, 7) is 1.85. The van der Waals surface area contributed by atoms with Gasteiger partial charge in [-0.15, -0.1) is 11.8 Å². The van der Waals surface area contributed by atoms with Crippen molar-refractivity contribution in [3.63, 3.8) is 0 Å². The van der Waals surface area contributed by atoms with Gasteiger partial charge in [0, 0.05) is 16.5 Å². The van der Waals surface area contributed by atoms with E-state index in [1.807, 2.05) is 31.2 Å². The predicted octanol–water partition coefficient (Wildman–Crippen LogP) is 5.28. The minimum Gasteiger partial charge on any atom is -0.354 e. The molecule has 0 aromatic heterocycles. The van der Waals surface area contributed by atoms with Gasteiger partial charge in [-0.1, -0.05) is 29.3 Å². The molecule has 174 valence electrons. The van der Waals surface area contributed by atoms with Crippen molar-refractivity contribution < 1.29 is 17.6 Å². The van der Waals surface area contributed by atoms with Crippen LogP contribution in [0.5, 0.6) is 0 Å². The summed E-state index contributed by atoms with van der Waals surface area (Å²) in [5.74, 6) is -0.147. The molecule has 0 bridgehead atoms. The van der Waals surface area contributed by atoms with Crippen LogP contribution in [0.25, 0.3) is 0 Å². The zero-order valence-electron chi connectivity index (χ0n) is 18.0.